The molecule has 1 saturated heterocycles. The highest BCUT2D eigenvalue weighted by molar-refractivity contribution is 5.80. The van der Waals surface area contributed by atoms with E-state index in [4.69, 9.17) is 28.4 Å². The van der Waals surface area contributed by atoms with E-state index in [1.807, 2.05) is 0 Å². The topological polar surface area (TPSA) is 141 Å². The van der Waals surface area contributed by atoms with Crippen molar-refractivity contribution in [2.75, 3.05) is 7.11 Å². The fourth-order valence-corrected chi connectivity index (χ4v) is 2.78. The third kappa shape index (κ3) is 8.68. The lowest BCUT2D eigenvalue weighted by Gasteiger charge is -2.45. The van der Waals surface area contributed by atoms with Crippen LogP contribution in [0.2, 0.25) is 0 Å². The van der Waals surface area contributed by atoms with Gasteiger partial charge in [-0.05, 0) is 83.1 Å². The van der Waals surface area contributed by atoms with Gasteiger partial charge in [-0.25, -0.2) is 4.79 Å². The van der Waals surface area contributed by atoms with Crippen LogP contribution in [0.1, 0.15) is 83.1 Å². The van der Waals surface area contributed by atoms with Gasteiger partial charge in [0.05, 0.1) is 28.8 Å². The second-order valence-electron chi connectivity index (χ2n) is 13.5. The molecule has 11 nitrogen and oxygen atoms in total. The van der Waals surface area contributed by atoms with Gasteiger partial charge in [0.15, 0.2) is 18.3 Å². The normalized spacial score (nSPS) is 24.6. The molecule has 38 heavy (non-hydrogen) atoms. The summed E-state index contributed by atoms with van der Waals surface area (Å²) >= 11 is 0. The highest BCUT2D eigenvalue weighted by Gasteiger charge is 2.58. The van der Waals surface area contributed by atoms with Gasteiger partial charge in [-0.1, -0.05) is 0 Å². The summed E-state index contributed by atoms with van der Waals surface area (Å²) in [7, 11) is 1.09. The molecule has 0 radical (unpaired) electrons. The number of carbonyl (C=O) groups is 5. The molecule has 0 aromatic rings. The summed E-state index contributed by atoms with van der Waals surface area (Å²) in [5.74, 6) is -3.96. The van der Waals surface area contributed by atoms with E-state index in [2.05, 4.69) is 0 Å². The number of methoxy groups -OCH3 is 1. The average molecular weight is 545 g/mol. The molecule has 1 aliphatic rings. The zero-order chi connectivity index (χ0) is 30.0. The Balaban J connectivity index is 3.80. The van der Waals surface area contributed by atoms with Crippen LogP contribution in [-0.4, -0.2) is 67.7 Å². The smallest absolute Gasteiger partial charge is 0.339 e. The van der Waals surface area contributed by atoms with Gasteiger partial charge in [0, 0.05) is 0 Å². The van der Waals surface area contributed by atoms with Crippen LogP contribution in [0.3, 0.4) is 0 Å². The molecule has 1 heterocycles. The van der Waals surface area contributed by atoms with Crippen LogP contribution in [0.25, 0.3) is 0 Å². The third-order valence-electron chi connectivity index (χ3n) is 5.33. The minimum Gasteiger partial charge on any atom is -0.467 e. The lowest BCUT2D eigenvalue weighted by Crippen LogP contribution is -2.65. The van der Waals surface area contributed by atoms with Crippen molar-refractivity contribution >= 4 is 29.8 Å². The van der Waals surface area contributed by atoms with Crippen LogP contribution in [0.5, 0.6) is 0 Å². The van der Waals surface area contributed by atoms with Crippen molar-refractivity contribution in [2.24, 2.45) is 21.7 Å². The van der Waals surface area contributed by atoms with Gasteiger partial charge >= 0.3 is 29.8 Å². The van der Waals surface area contributed by atoms with Crippen LogP contribution < -0.4 is 0 Å². The molecular weight excluding hydrogens is 500 g/mol. The molecule has 0 bridgehead atoms. The first kappa shape index (κ1) is 33.3. The number of hydrogen-bond acceptors (Lipinski definition) is 11. The number of hydrogen-bond donors (Lipinski definition) is 0. The highest BCUT2D eigenvalue weighted by atomic mass is 16.8. The van der Waals surface area contributed by atoms with Crippen LogP contribution >= 0.6 is 0 Å². The van der Waals surface area contributed by atoms with E-state index in [0.717, 1.165) is 7.11 Å². The summed E-state index contributed by atoms with van der Waals surface area (Å²) in [6.45, 7) is 19.1. The van der Waals surface area contributed by atoms with Gasteiger partial charge < -0.3 is 28.4 Å². The minimum atomic E-state index is -1.69. The lowest BCUT2D eigenvalue weighted by molar-refractivity contribution is -0.300. The number of esters is 5. The SMILES string of the molecule is COC(=O)[C@H]1OC(OC(=O)C(C)(C)C)[C@H](OC(=O)C(C)(C)C)[C@@H](OC(=O)C(C)(C)C)[C@@H]1OC(=O)C(C)(C)C. The van der Waals surface area contributed by atoms with Gasteiger partial charge in [0.2, 0.25) is 12.4 Å². The molecule has 1 aliphatic heterocycles. The summed E-state index contributed by atoms with van der Waals surface area (Å²) in [5, 5.41) is 0. The molecule has 218 valence electrons. The van der Waals surface area contributed by atoms with E-state index in [1.165, 1.54) is 0 Å². The van der Waals surface area contributed by atoms with Crippen molar-refractivity contribution in [3.63, 3.8) is 0 Å². The van der Waals surface area contributed by atoms with Gasteiger partial charge in [0.1, 0.15) is 0 Å². The monoisotopic (exact) mass is 544 g/mol. The molecule has 5 atom stereocenters. The van der Waals surface area contributed by atoms with Gasteiger partial charge in [0.25, 0.3) is 0 Å². The molecule has 0 N–H and O–H groups in total. The lowest BCUT2D eigenvalue weighted by atomic mass is 9.92. The molecule has 0 amide bonds. The molecule has 1 rings (SSSR count). The predicted molar refractivity (Wildman–Crippen MR) is 134 cm³/mol. The van der Waals surface area contributed by atoms with Crippen molar-refractivity contribution in [3.05, 3.63) is 0 Å². The molecule has 11 heteroatoms. The fourth-order valence-electron chi connectivity index (χ4n) is 2.78. The summed E-state index contributed by atoms with van der Waals surface area (Å²) in [6.07, 6.45) is -8.14. The van der Waals surface area contributed by atoms with Crippen LogP contribution in [0, 0.1) is 21.7 Å². The van der Waals surface area contributed by atoms with E-state index in [9.17, 15) is 24.0 Å². The first-order valence-corrected chi connectivity index (χ1v) is 12.5. The summed E-state index contributed by atoms with van der Waals surface area (Å²) in [5.41, 5.74) is -4.08. The zero-order valence-corrected chi connectivity index (χ0v) is 24.9. The highest BCUT2D eigenvalue weighted by Crippen LogP contribution is 2.35. The van der Waals surface area contributed by atoms with E-state index < -0.39 is 82.2 Å². The quantitative estimate of drug-likeness (QED) is 0.372. The van der Waals surface area contributed by atoms with E-state index in [-0.39, 0.29) is 0 Å². The maximum atomic E-state index is 13.1. The number of ether oxygens (including phenoxy) is 6. The second kappa shape index (κ2) is 11.6. The molecule has 1 fully saturated rings. The maximum Gasteiger partial charge on any atom is 0.339 e. The Hall–Kier alpha value is -2.69. The first-order valence-electron chi connectivity index (χ1n) is 12.5. The largest absolute Gasteiger partial charge is 0.467 e. The molecule has 0 aliphatic carbocycles. The molecule has 1 unspecified atom stereocenters. The van der Waals surface area contributed by atoms with E-state index in [1.54, 1.807) is 83.1 Å². The summed E-state index contributed by atoms with van der Waals surface area (Å²) in [4.78, 5) is 64.6. The number of carbonyl (C=O) groups excluding carboxylic acids is 5. The Kier molecular flexibility index (Phi) is 10.2. The van der Waals surface area contributed by atoms with Gasteiger partial charge in [-0.2, -0.15) is 0 Å². The van der Waals surface area contributed by atoms with Gasteiger partial charge in [-0.15, -0.1) is 0 Å². The van der Waals surface area contributed by atoms with E-state index >= 15 is 0 Å². The minimum absolute atomic E-state index is 0.739. The average Bonchev–Trinajstić information content (AvgIpc) is 2.73. The van der Waals surface area contributed by atoms with Crippen molar-refractivity contribution in [1.82, 2.24) is 0 Å². The molecule has 0 aromatic heterocycles. The maximum absolute atomic E-state index is 13.1. The summed E-state index contributed by atoms with van der Waals surface area (Å²) < 4.78 is 33.3. The Labute approximate surface area is 225 Å². The van der Waals surface area contributed by atoms with E-state index in [0.29, 0.717) is 0 Å². The fraction of sp³-hybridized carbons (Fsp3) is 0.815. The van der Waals surface area contributed by atoms with Crippen LogP contribution in [0.4, 0.5) is 0 Å². The Bertz CT molecular complexity index is 909. The predicted octanol–water partition coefficient (Wildman–Crippen LogP) is 3.35. The van der Waals surface area contributed by atoms with Crippen molar-refractivity contribution < 1.29 is 52.4 Å². The standard InChI is InChI=1S/C27H44O11/c1-24(2,3)20(29)35-14-15(36-21(30)25(4,5)6)17(37-22(31)26(7,8)9)19(34-16(14)18(28)33-13)38-23(32)27(10,11)12/h14-17,19H,1-13H3/t14-,15-,16-,17+,19?/m0/s1. The molecule has 0 spiro atoms. The van der Waals surface area contributed by atoms with Crippen LogP contribution in [0.15, 0.2) is 0 Å². The molecule has 0 aromatic carbocycles. The molecular formula is C27H44O11. The Morgan fingerprint density at radius 1 is 0.500 bits per heavy atom. The first-order chi connectivity index (χ1) is 16.9. The second-order valence-corrected chi connectivity index (χ2v) is 13.5. The van der Waals surface area contributed by atoms with Gasteiger partial charge in [-0.3, -0.25) is 19.2 Å². The summed E-state index contributed by atoms with van der Waals surface area (Å²) in [6, 6.07) is 0. The third-order valence-corrected chi connectivity index (χ3v) is 5.33. The van der Waals surface area contributed by atoms with Crippen molar-refractivity contribution in [1.29, 1.82) is 0 Å². The molecule has 0 saturated carbocycles. The van der Waals surface area contributed by atoms with Crippen molar-refractivity contribution in [3.8, 4) is 0 Å². The Morgan fingerprint density at radius 3 is 1.16 bits per heavy atom. The van der Waals surface area contributed by atoms with Crippen molar-refractivity contribution in [2.45, 2.75) is 114 Å². The van der Waals surface area contributed by atoms with Crippen LogP contribution in [-0.2, 0) is 52.4 Å². The number of rotatable bonds is 5. The zero-order valence-electron chi connectivity index (χ0n) is 24.9. The Morgan fingerprint density at radius 2 is 0.816 bits per heavy atom.